The third-order valence-electron chi connectivity index (χ3n) is 4.37. The summed E-state index contributed by atoms with van der Waals surface area (Å²) in [6.45, 7) is 0.801. The number of fused-ring (bicyclic) bond motifs is 1. The van der Waals surface area contributed by atoms with Crippen molar-refractivity contribution in [2.75, 3.05) is 0 Å². The van der Waals surface area contributed by atoms with Gasteiger partial charge in [-0.15, -0.1) is 0 Å². The number of rotatable bonds is 3. The molecule has 4 heteroatoms. The summed E-state index contributed by atoms with van der Waals surface area (Å²) in [5.74, 6) is 2.22. The van der Waals surface area contributed by atoms with Gasteiger partial charge in [-0.3, -0.25) is 0 Å². The molecule has 1 heterocycles. The van der Waals surface area contributed by atoms with Crippen molar-refractivity contribution in [3.8, 4) is 11.4 Å². The molecule has 2 aliphatic rings. The Balaban J connectivity index is 0.000000329. The Hall–Kier alpha value is -1.28. The Morgan fingerprint density at radius 2 is 1.46 bits per heavy atom. The van der Waals surface area contributed by atoms with Gasteiger partial charge in [-0.2, -0.15) is 0 Å². The zero-order valence-corrected chi connectivity index (χ0v) is 17.0. The Bertz CT molecular complexity index is 872. The van der Waals surface area contributed by atoms with Crippen LogP contribution in [0.4, 0.5) is 0 Å². The van der Waals surface area contributed by atoms with Crippen LogP contribution in [0.25, 0.3) is 22.4 Å². The predicted octanol–water partition coefficient (Wildman–Crippen LogP) is 5.78. The fourth-order valence-corrected chi connectivity index (χ4v) is 3.30. The molecule has 0 atom stereocenters. The molecule has 2 saturated carbocycles. The molecular formula is C24H19ClFeN2+2. The van der Waals surface area contributed by atoms with E-state index in [1.54, 1.807) is 0 Å². The molecule has 0 aliphatic heterocycles. The molecule has 5 rings (SSSR count). The van der Waals surface area contributed by atoms with Crippen LogP contribution in [0.15, 0.2) is 48.5 Å². The van der Waals surface area contributed by atoms with Gasteiger partial charge < -0.3 is 4.57 Å². The molecule has 1 aromatic heterocycles. The van der Waals surface area contributed by atoms with Gasteiger partial charge >= 0.3 is 17.1 Å². The third-order valence-corrected chi connectivity index (χ3v) is 4.60. The Morgan fingerprint density at radius 1 is 0.786 bits per heavy atom. The molecule has 0 saturated heterocycles. The molecule has 0 N–H and O–H groups in total. The zero-order valence-electron chi connectivity index (χ0n) is 15.1. The summed E-state index contributed by atoms with van der Waals surface area (Å²) in [4.78, 5) is 4.81. The summed E-state index contributed by atoms with van der Waals surface area (Å²) in [6.07, 6.45) is 18.4. The van der Waals surface area contributed by atoms with E-state index >= 15 is 0 Å². The average Bonchev–Trinajstić information content (AvgIpc) is 3.46. The van der Waals surface area contributed by atoms with Crippen LogP contribution in [-0.4, -0.2) is 9.55 Å². The first kappa shape index (κ1) is 21.4. The zero-order chi connectivity index (χ0) is 18.5. The van der Waals surface area contributed by atoms with E-state index in [0.29, 0.717) is 0 Å². The van der Waals surface area contributed by atoms with Gasteiger partial charge in [0.05, 0.1) is 11.0 Å². The fraction of sp³-hybridized carbons (Fsp3) is 0.0417. The quantitative estimate of drug-likeness (QED) is 0.485. The molecule has 3 aromatic rings. The van der Waals surface area contributed by atoms with Crippen LogP contribution in [-0.2, 0) is 23.6 Å². The van der Waals surface area contributed by atoms with Crippen LogP contribution in [0, 0.1) is 63.7 Å². The minimum atomic E-state index is 0. The number of benzene rings is 2. The third kappa shape index (κ3) is 5.20. The normalized spacial score (nSPS) is 16.6. The summed E-state index contributed by atoms with van der Waals surface area (Å²) in [6, 6.07) is 16.1. The van der Waals surface area contributed by atoms with E-state index in [4.69, 9.17) is 16.6 Å². The standard InChI is InChI=1S/C19H14ClN2.C5H5.Fe/c20-16-9-5-8-15(12-16)19-21-17-10-3-4-11-18(17)22(19)13-14-6-1-2-7-14;1-2-4-5-3-1;/h1-12H,13H2;1-5H;/q;;+2. The Kier molecular flexibility index (Phi) is 8.02. The van der Waals surface area contributed by atoms with Crippen molar-refractivity contribution in [2.24, 2.45) is 0 Å². The van der Waals surface area contributed by atoms with Crippen molar-refractivity contribution in [3.63, 3.8) is 0 Å². The SMILES string of the molecule is Clc1cccc(-c2nc3ccccc3n2C[C]2[CH][CH][CH][CH]2)c1.[CH]1[CH][CH][CH][CH]1.[Fe+2]. The maximum absolute atomic E-state index is 6.15. The van der Waals surface area contributed by atoms with Crippen molar-refractivity contribution in [1.82, 2.24) is 9.55 Å². The van der Waals surface area contributed by atoms with Gasteiger partial charge in [0.1, 0.15) is 5.82 Å². The number of hydrogen-bond acceptors (Lipinski definition) is 1. The molecule has 0 spiro atoms. The van der Waals surface area contributed by atoms with E-state index in [1.807, 2.05) is 68.5 Å². The molecule has 0 amide bonds. The van der Waals surface area contributed by atoms with Crippen LogP contribution in [0.2, 0.25) is 5.02 Å². The molecule has 10 radical (unpaired) electrons. The number of aromatic nitrogens is 2. The number of imidazole rings is 1. The van der Waals surface area contributed by atoms with Gasteiger partial charge in [0, 0.05) is 23.0 Å². The summed E-state index contributed by atoms with van der Waals surface area (Å²) in [5, 5.41) is 0.726. The van der Waals surface area contributed by atoms with E-state index in [9.17, 15) is 0 Å². The van der Waals surface area contributed by atoms with E-state index < -0.39 is 0 Å². The van der Waals surface area contributed by atoms with E-state index in [1.165, 1.54) is 5.92 Å². The van der Waals surface area contributed by atoms with Crippen LogP contribution >= 0.6 is 11.6 Å². The summed E-state index contributed by atoms with van der Waals surface area (Å²) in [7, 11) is 0. The smallest absolute Gasteiger partial charge is 0.323 e. The number of nitrogens with zero attached hydrogens (tertiary/aromatic N) is 2. The van der Waals surface area contributed by atoms with Crippen LogP contribution < -0.4 is 0 Å². The van der Waals surface area contributed by atoms with Crippen molar-refractivity contribution in [2.45, 2.75) is 6.54 Å². The Morgan fingerprint density at radius 3 is 2.14 bits per heavy atom. The maximum atomic E-state index is 6.15. The molecule has 28 heavy (non-hydrogen) atoms. The van der Waals surface area contributed by atoms with E-state index in [-0.39, 0.29) is 17.1 Å². The topological polar surface area (TPSA) is 17.8 Å². The van der Waals surface area contributed by atoms with Crippen molar-refractivity contribution >= 4 is 22.6 Å². The largest absolute Gasteiger partial charge is 2.00 e. The van der Waals surface area contributed by atoms with Gasteiger partial charge in [0.25, 0.3) is 0 Å². The van der Waals surface area contributed by atoms with Crippen molar-refractivity contribution < 1.29 is 17.1 Å². The van der Waals surface area contributed by atoms with Gasteiger partial charge in [-0.05, 0) is 82.1 Å². The molecule has 2 nitrogen and oxygen atoms in total. The number of halogens is 1. The van der Waals surface area contributed by atoms with Gasteiger partial charge in [0.2, 0.25) is 0 Å². The second kappa shape index (κ2) is 10.5. The van der Waals surface area contributed by atoms with Crippen molar-refractivity contribution in [1.29, 1.82) is 0 Å². The van der Waals surface area contributed by atoms with Crippen molar-refractivity contribution in [3.05, 3.63) is 117 Å². The number of para-hydroxylation sites is 2. The monoisotopic (exact) mass is 426 g/mol. The van der Waals surface area contributed by atoms with Gasteiger partial charge in [-0.25, -0.2) is 4.98 Å². The van der Waals surface area contributed by atoms with Gasteiger partial charge in [0.15, 0.2) is 0 Å². The molecule has 138 valence electrons. The average molecular weight is 427 g/mol. The molecule has 0 bridgehead atoms. The summed E-state index contributed by atoms with van der Waals surface area (Å²) >= 11 is 6.15. The first-order chi connectivity index (χ1) is 13.3. The fourth-order valence-electron chi connectivity index (χ4n) is 3.11. The summed E-state index contributed by atoms with van der Waals surface area (Å²) in [5.41, 5.74) is 3.18. The minimum absolute atomic E-state index is 0. The molecule has 0 unspecified atom stereocenters. The molecule has 2 fully saturated rings. The van der Waals surface area contributed by atoms with Gasteiger partial charge in [-0.1, -0.05) is 35.9 Å². The van der Waals surface area contributed by atoms with E-state index in [0.717, 1.165) is 34.0 Å². The Labute approximate surface area is 184 Å². The minimum Gasteiger partial charge on any atom is -0.323 e. The predicted molar refractivity (Wildman–Crippen MR) is 112 cm³/mol. The van der Waals surface area contributed by atoms with Crippen LogP contribution in [0.1, 0.15) is 0 Å². The van der Waals surface area contributed by atoms with Crippen LogP contribution in [0.5, 0.6) is 0 Å². The van der Waals surface area contributed by atoms with Crippen LogP contribution in [0.3, 0.4) is 0 Å². The second-order valence-electron chi connectivity index (χ2n) is 6.28. The first-order valence-electron chi connectivity index (χ1n) is 8.90. The molecule has 2 aromatic carbocycles. The second-order valence-corrected chi connectivity index (χ2v) is 6.71. The molecule has 2 aliphatic carbocycles. The maximum Gasteiger partial charge on any atom is 2.00 e. The van der Waals surface area contributed by atoms with E-state index in [2.05, 4.69) is 42.4 Å². The summed E-state index contributed by atoms with van der Waals surface area (Å²) < 4.78 is 2.25. The molecular weight excluding hydrogens is 408 g/mol. The first-order valence-corrected chi connectivity index (χ1v) is 9.27. The number of hydrogen-bond donors (Lipinski definition) is 0.